The molecule has 124 valence electrons. The van der Waals surface area contributed by atoms with E-state index in [-0.39, 0.29) is 12.5 Å². The van der Waals surface area contributed by atoms with Crippen LogP contribution < -0.4 is 10.6 Å². The second kappa shape index (κ2) is 11.0. The maximum absolute atomic E-state index is 11.4. The smallest absolute Gasteiger partial charge is 0.233 e. The fourth-order valence-corrected chi connectivity index (χ4v) is 2.83. The number of hydrogen-bond donors (Lipinski definition) is 3. The van der Waals surface area contributed by atoms with Gasteiger partial charge in [-0.1, -0.05) is 33.1 Å². The van der Waals surface area contributed by atoms with Crippen molar-refractivity contribution in [3.63, 3.8) is 0 Å². The molecule has 5 nitrogen and oxygen atoms in total. The van der Waals surface area contributed by atoms with Crippen molar-refractivity contribution in [2.45, 2.75) is 64.6 Å². The Morgan fingerprint density at radius 1 is 1.33 bits per heavy atom. The van der Waals surface area contributed by atoms with Crippen molar-refractivity contribution < 1.29 is 14.6 Å². The molecule has 3 N–H and O–H groups in total. The standard InChI is InChI=1S/C16H32N2O3/c1-3-9-18-16(20)11-17-10-14(19)12-21-15-8-6-5-7-13(15)4-2/h13-15,17,19H,3-12H2,1-2H3,(H,18,20). The molecule has 0 aromatic rings. The van der Waals surface area contributed by atoms with Gasteiger partial charge in [-0.3, -0.25) is 4.79 Å². The first-order valence-electron chi connectivity index (χ1n) is 8.44. The molecule has 0 aromatic carbocycles. The second-order valence-corrected chi connectivity index (χ2v) is 5.96. The molecule has 1 aliphatic rings. The van der Waals surface area contributed by atoms with E-state index in [0.29, 0.717) is 31.7 Å². The highest BCUT2D eigenvalue weighted by atomic mass is 16.5. The molecule has 1 aliphatic carbocycles. The number of hydrogen-bond acceptors (Lipinski definition) is 4. The number of aliphatic hydroxyl groups excluding tert-OH is 1. The summed E-state index contributed by atoms with van der Waals surface area (Å²) in [6, 6.07) is 0. The molecule has 0 spiro atoms. The van der Waals surface area contributed by atoms with Gasteiger partial charge >= 0.3 is 0 Å². The minimum Gasteiger partial charge on any atom is -0.389 e. The lowest BCUT2D eigenvalue weighted by atomic mass is 9.85. The first-order chi connectivity index (χ1) is 10.2. The van der Waals surface area contributed by atoms with Gasteiger partial charge < -0.3 is 20.5 Å². The number of aliphatic hydroxyl groups is 1. The van der Waals surface area contributed by atoms with Gasteiger partial charge in [0, 0.05) is 13.1 Å². The Morgan fingerprint density at radius 3 is 2.81 bits per heavy atom. The zero-order chi connectivity index (χ0) is 15.5. The van der Waals surface area contributed by atoms with Gasteiger partial charge in [-0.05, 0) is 25.2 Å². The third kappa shape index (κ3) is 7.79. The molecular formula is C16H32N2O3. The predicted molar refractivity (Wildman–Crippen MR) is 84.2 cm³/mol. The van der Waals surface area contributed by atoms with Crippen LogP contribution in [0.3, 0.4) is 0 Å². The number of carbonyl (C=O) groups is 1. The van der Waals surface area contributed by atoms with Crippen LogP contribution in [-0.2, 0) is 9.53 Å². The zero-order valence-electron chi connectivity index (χ0n) is 13.6. The summed E-state index contributed by atoms with van der Waals surface area (Å²) in [5.74, 6) is 0.613. The monoisotopic (exact) mass is 300 g/mol. The first kappa shape index (κ1) is 18.4. The first-order valence-corrected chi connectivity index (χ1v) is 8.44. The average Bonchev–Trinajstić information content (AvgIpc) is 2.51. The Balaban J connectivity index is 2.10. The number of nitrogens with one attached hydrogen (secondary N) is 2. The summed E-state index contributed by atoms with van der Waals surface area (Å²) in [6.07, 6.45) is 6.71. The molecule has 0 bridgehead atoms. The molecule has 0 aromatic heterocycles. The topological polar surface area (TPSA) is 70.6 Å². The van der Waals surface area contributed by atoms with Gasteiger partial charge in [-0.2, -0.15) is 0 Å². The highest BCUT2D eigenvalue weighted by molar-refractivity contribution is 5.77. The number of ether oxygens (including phenoxy) is 1. The normalized spacial score (nSPS) is 23.8. The van der Waals surface area contributed by atoms with Gasteiger partial charge in [-0.15, -0.1) is 0 Å². The van der Waals surface area contributed by atoms with Gasteiger partial charge in [0.15, 0.2) is 0 Å². The Labute approximate surface area is 128 Å². The second-order valence-electron chi connectivity index (χ2n) is 5.96. The Morgan fingerprint density at radius 2 is 2.10 bits per heavy atom. The van der Waals surface area contributed by atoms with Crippen molar-refractivity contribution in [2.75, 3.05) is 26.2 Å². The average molecular weight is 300 g/mol. The van der Waals surface area contributed by atoms with Crippen molar-refractivity contribution in [2.24, 2.45) is 5.92 Å². The van der Waals surface area contributed by atoms with Crippen molar-refractivity contribution in [3.05, 3.63) is 0 Å². The Hall–Kier alpha value is -0.650. The number of carbonyl (C=O) groups excluding carboxylic acids is 1. The summed E-state index contributed by atoms with van der Waals surface area (Å²) in [4.78, 5) is 11.4. The van der Waals surface area contributed by atoms with E-state index < -0.39 is 6.10 Å². The molecule has 1 fully saturated rings. The molecule has 0 radical (unpaired) electrons. The predicted octanol–water partition coefficient (Wildman–Crippen LogP) is 1.45. The summed E-state index contributed by atoms with van der Waals surface area (Å²) < 4.78 is 5.88. The Kier molecular flexibility index (Phi) is 9.63. The van der Waals surface area contributed by atoms with Gasteiger partial charge in [0.2, 0.25) is 5.91 Å². The minimum atomic E-state index is -0.552. The van der Waals surface area contributed by atoms with Crippen LogP contribution in [0.4, 0.5) is 0 Å². The van der Waals surface area contributed by atoms with Crippen molar-refractivity contribution >= 4 is 5.91 Å². The van der Waals surface area contributed by atoms with Crippen molar-refractivity contribution in [3.8, 4) is 0 Å². The zero-order valence-corrected chi connectivity index (χ0v) is 13.6. The van der Waals surface area contributed by atoms with E-state index in [0.717, 1.165) is 19.3 Å². The molecule has 1 rings (SSSR count). The summed E-state index contributed by atoms with van der Waals surface area (Å²) >= 11 is 0. The summed E-state index contributed by atoms with van der Waals surface area (Å²) in [7, 11) is 0. The lowest BCUT2D eigenvalue weighted by Crippen LogP contribution is -2.39. The van der Waals surface area contributed by atoms with Crippen LogP contribution in [0.15, 0.2) is 0 Å². The quantitative estimate of drug-likeness (QED) is 0.571. The van der Waals surface area contributed by atoms with Crippen LogP contribution >= 0.6 is 0 Å². The summed E-state index contributed by atoms with van der Waals surface area (Å²) in [6.45, 7) is 5.92. The van der Waals surface area contributed by atoms with Crippen LogP contribution in [0.1, 0.15) is 52.4 Å². The molecule has 21 heavy (non-hydrogen) atoms. The van der Waals surface area contributed by atoms with Crippen LogP contribution in [0.5, 0.6) is 0 Å². The van der Waals surface area contributed by atoms with E-state index in [9.17, 15) is 9.90 Å². The van der Waals surface area contributed by atoms with E-state index >= 15 is 0 Å². The summed E-state index contributed by atoms with van der Waals surface area (Å²) in [5.41, 5.74) is 0. The van der Waals surface area contributed by atoms with Crippen LogP contribution in [-0.4, -0.2) is 49.5 Å². The molecule has 1 amide bonds. The number of rotatable bonds is 10. The largest absolute Gasteiger partial charge is 0.389 e. The van der Waals surface area contributed by atoms with Gasteiger partial charge in [0.05, 0.1) is 25.4 Å². The van der Waals surface area contributed by atoms with Gasteiger partial charge in [0.25, 0.3) is 0 Å². The van der Waals surface area contributed by atoms with E-state index in [1.807, 2.05) is 6.92 Å². The van der Waals surface area contributed by atoms with E-state index in [4.69, 9.17) is 4.74 Å². The minimum absolute atomic E-state index is 0.0247. The SMILES string of the molecule is CCCNC(=O)CNCC(O)COC1CCCCC1CC. The molecule has 0 heterocycles. The lowest BCUT2D eigenvalue weighted by molar-refractivity contribution is -0.120. The third-order valence-corrected chi connectivity index (χ3v) is 4.10. The van der Waals surface area contributed by atoms with E-state index in [1.54, 1.807) is 0 Å². The van der Waals surface area contributed by atoms with Crippen molar-refractivity contribution in [1.82, 2.24) is 10.6 Å². The molecule has 0 saturated heterocycles. The number of amides is 1. The third-order valence-electron chi connectivity index (χ3n) is 4.10. The highest BCUT2D eigenvalue weighted by Gasteiger charge is 2.24. The van der Waals surface area contributed by atoms with E-state index in [2.05, 4.69) is 17.6 Å². The van der Waals surface area contributed by atoms with Crippen LogP contribution in [0.2, 0.25) is 0 Å². The van der Waals surface area contributed by atoms with E-state index in [1.165, 1.54) is 19.3 Å². The molecular weight excluding hydrogens is 268 g/mol. The Bertz CT molecular complexity index is 287. The van der Waals surface area contributed by atoms with Gasteiger partial charge in [0.1, 0.15) is 0 Å². The van der Waals surface area contributed by atoms with Gasteiger partial charge in [-0.25, -0.2) is 0 Å². The fourth-order valence-electron chi connectivity index (χ4n) is 2.83. The maximum Gasteiger partial charge on any atom is 0.233 e. The van der Waals surface area contributed by atoms with Crippen LogP contribution in [0.25, 0.3) is 0 Å². The fraction of sp³-hybridized carbons (Fsp3) is 0.938. The molecule has 3 atom stereocenters. The van der Waals surface area contributed by atoms with Crippen molar-refractivity contribution in [1.29, 1.82) is 0 Å². The molecule has 0 aliphatic heterocycles. The lowest BCUT2D eigenvalue weighted by Gasteiger charge is -2.31. The van der Waals surface area contributed by atoms with Crippen LogP contribution in [0, 0.1) is 5.92 Å². The maximum atomic E-state index is 11.4. The summed E-state index contributed by atoms with van der Waals surface area (Å²) in [5, 5.41) is 15.7. The molecule has 5 heteroatoms. The molecule has 1 saturated carbocycles. The molecule has 3 unspecified atom stereocenters. The highest BCUT2D eigenvalue weighted by Crippen LogP contribution is 2.29.